The summed E-state index contributed by atoms with van der Waals surface area (Å²) in [4.78, 5) is 2.21. The summed E-state index contributed by atoms with van der Waals surface area (Å²) in [7, 11) is 0. The maximum Gasteiger partial charge on any atom is 0.188 e. The van der Waals surface area contributed by atoms with Crippen molar-refractivity contribution in [2.75, 3.05) is 0 Å². The minimum absolute atomic E-state index is 0.248. The first-order valence-corrected chi connectivity index (χ1v) is 9.67. The second-order valence-corrected chi connectivity index (χ2v) is 7.98. The fourth-order valence-corrected chi connectivity index (χ4v) is 4.49. The highest BCUT2D eigenvalue weighted by molar-refractivity contribution is 5.50. The van der Waals surface area contributed by atoms with Gasteiger partial charge >= 0.3 is 0 Å². The molecule has 0 bridgehead atoms. The Hall–Kier alpha value is -2.98. The van der Waals surface area contributed by atoms with Gasteiger partial charge in [-0.2, -0.15) is 4.90 Å². The highest BCUT2D eigenvalue weighted by Crippen LogP contribution is 2.56. The zero-order chi connectivity index (χ0) is 19.0. The number of fused-ring (bicyclic) bond motifs is 6. The van der Waals surface area contributed by atoms with Crippen molar-refractivity contribution in [3.63, 3.8) is 0 Å². The summed E-state index contributed by atoms with van der Waals surface area (Å²) >= 11 is 0. The summed E-state index contributed by atoms with van der Waals surface area (Å²) in [6.07, 6.45) is -0.743. The first kappa shape index (κ1) is 16.0. The molecule has 28 heavy (non-hydrogen) atoms. The third-order valence-electron chi connectivity index (χ3n) is 5.82. The lowest BCUT2D eigenvalue weighted by Crippen LogP contribution is -2.50. The molecule has 3 heterocycles. The fourth-order valence-electron chi connectivity index (χ4n) is 4.49. The third-order valence-corrected chi connectivity index (χ3v) is 5.82. The monoisotopic (exact) mass is 371 g/mol. The number of benzene rings is 3. The Morgan fingerprint density at radius 3 is 1.18 bits per heavy atom. The highest BCUT2D eigenvalue weighted by atomic mass is 16.6. The van der Waals surface area contributed by atoms with Crippen LogP contribution in [0.4, 0.5) is 0 Å². The molecule has 3 aromatic rings. The van der Waals surface area contributed by atoms with Crippen molar-refractivity contribution < 1.29 is 14.2 Å². The topological polar surface area (TPSA) is 30.9 Å². The lowest BCUT2D eigenvalue weighted by molar-refractivity contribution is -0.202. The van der Waals surface area contributed by atoms with E-state index in [2.05, 4.69) is 80.3 Å². The zero-order valence-electron chi connectivity index (χ0n) is 16.1. The Morgan fingerprint density at radius 1 is 0.536 bits per heavy atom. The maximum atomic E-state index is 6.52. The van der Waals surface area contributed by atoms with Crippen LogP contribution in [-0.4, -0.2) is 4.90 Å². The molecule has 0 radical (unpaired) electrons. The van der Waals surface area contributed by atoms with Gasteiger partial charge in [-0.3, -0.25) is 0 Å². The molecule has 0 amide bonds. The van der Waals surface area contributed by atoms with Crippen LogP contribution in [0.25, 0.3) is 0 Å². The van der Waals surface area contributed by atoms with Gasteiger partial charge in [-0.15, -0.1) is 0 Å². The van der Waals surface area contributed by atoms with Crippen LogP contribution in [0.2, 0.25) is 0 Å². The van der Waals surface area contributed by atoms with E-state index in [4.69, 9.17) is 14.2 Å². The average molecular weight is 371 g/mol. The van der Waals surface area contributed by atoms with Gasteiger partial charge in [0, 0.05) is 0 Å². The molecular weight excluding hydrogens is 350 g/mol. The largest absolute Gasteiger partial charge is 0.470 e. The zero-order valence-corrected chi connectivity index (χ0v) is 16.1. The second kappa shape index (κ2) is 5.52. The van der Waals surface area contributed by atoms with E-state index < -0.39 is 0 Å². The molecule has 3 aliphatic heterocycles. The maximum absolute atomic E-state index is 6.52. The smallest absolute Gasteiger partial charge is 0.188 e. The summed E-state index contributed by atoms with van der Waals surface area (Å²) in [5.74, 6) is 2.63. The van der Waals surface area contributed by atoms with Crippen LogP contribution in [0.5, 0.6) is 17.2 Å². The van der Waals surface area contributed by atoms with Gasteiger partial charge in [-0.1, -0.05) is 34.9 Å². The predicted octanol–water partition coefficient (Wildman–Crippen LogP) is 5.49. The molecule has 0 aliphatic carbocycles. The van der Waals surface area contributed by atoms with Crippen LogP contribution < -0.4 is 14.2 Å². The van der Waals surface area contributed by atoms with Crippen LogP contribution in [0, 0.1) is 20.8 Å². The van der Waals surface area contributed by atoms with Crippen molar-refractivity contribution in [2.45, 2.75) is 39.5 Å². The normalized spacial score (nSPS) is 23.9. The van der Waals surface area contributed by atoms with Crippen LogP contribution >= 0.6 is 0 Å². The Kier molecular flexibility index (Phi) is 3.16. The standard InChI is InChI=1S/C24H21NO3/c1-13-4-7-19-16(10-13)22-25-23(26-19)18-12-15(3)6-9-21(18)28-24(25)17-11-14(2)5-8-20(17)27-22/h4-12,22-24H,1-3H3/t22-,23-,24+/m1/s1. The third kappa shape index (κ3) is 2.15. The number of ether oxygens (including phenoxy) is 3. The van der Waals surface area contributed by atoms with Gasteiger partial charge in [-0.05, 0) is 57.2 Å². The summed E-state index contributed by atoms with van der Waals surface area (Å²) < 4.78 is 19.6. The minimum atomic E-state index is -0.248. The van der Waals surface area contributed by atoms with Gasteiger partial charge < -0.3 is 14.2 Å². The number of nitrogens with zero attached hydrogens (tertiary/aromatic N) is 1. The van der Waals surface area contributed by atoms with Crippen molar-refractivity contribution in [2.24, 2.45) is 0 Å². The second-order valence-electron chi connectivity index (χ2n) is 7.98. The van der Waals surface area contributed by atoms with Crippen LogP contribution in [-0.2, 0) is 0 Å². The Bertz CT molecular complexity index is 981. The molecule has 0 N–H and O–H groups in total. The van der Waals surface area contributed by atoms with Gasteiger partial charge in [0.05, 0.1) is 16.7 Å². The van der Waals surface area contributed by atoms with Crippen LogP contribution in [0.15, 0.2) is 54.6 Å². The average Bonchev–Trinajstić information content (AvgIpc) is 2.69. The van der Waals surface area contributed by atoms with E-state index in [-0.39, 0.29) is 18.7 Å². The first-order chi connectivity index (χ1) is 13.6. The van der Waals surface area contributed by atoms with E-state index in [0.29, 0.717) is 0 Å². The molecule has 0 saturated carbocycles. The molecule has 3 atom stereocenters. The lowest BCUT2D eigenvalue weighted by Gasteiger charge is -2.51. The fraction of sp³-hybridized carbons (Fsp3) is 0.250. The van der Waals surface area contributed by atoms with Gasteiger partial charge in [0.1, 0.15) is 17.2 Å². The molecule has 0 saturated heterocycles. The molecule has 0 spiro atoms. The summed E-state index contributed by atoms with van der Waals surface area (Å²) in [6, 6.07) is 18.9. The van der Waals surface area contributed by atoms with Crippen LogP contribution in [0.3, 0.4) is 0 Å². The molecule has 4 heteroatoms. The Balaban J connectivity index is 1.61. The summed E-state index contributed by atoms with van der Waals surface area (Å²) in [5.41, 5.74) is 6.70. The van der Waals surface area contributed by atoms with E-state index in [1.54, 1.807) is 0 Å². The van der Waals surface area contributed by atoms with Gasteiger partial charge in [0.25, 0.3) is 0 Å². The molecule has 0 aromatic heterocycles. The van der Waals surface area contributed by atoms with E-state index in [1.165, 1.54) is 16.7 Å². The molecular formula is C24H21NO3. The summed E-state index contributed by atoms with van der Waals surface area (Å²) in [5, 5.41) is 0. The molecule has 140 valence electrons. The van der Waals surface area contributed by atoms with E-state index >= 15 is 0 Å². The lowest BCUT2D eigenvalue weighted by atomic mass is 9.96. The predicted molar refractivity (Wildman–Crippen MR) is 105 cm³/mol. The molecule has 3 aliphatic rings. The van der Waals surface area contributed by atoms with Crippen molar-refractivity contribution in [3.8, 4) is 17.2 Å². The number of aryl methyl sites for hydroxylation is 3. The number of hydrogen-bond acceptors (Lipinski definition) is 4. The van der Waals surface area contributed by atoms with Crippen molar-refractivity contribution in [1.29, 1.82) is 0 Å². The SMILES string of the molecule is Cc1ccc2c(c1)[C@H]1Oc3ccc(C)cc3[C@H]3Oc4ccc(C)cc4[C@H](O2)N13. The first-order valence-electron chi connectivity index (χ1n) is 9.67. The molecule has 3 aromatic carbocycles. The van der Waals surface area contributed by atoms with Crippen molar-refractivity contribution in [3.05, 3.63) is 88.0 Å². The van der Waals surface area contributed by atoms with Crippen LogP contribution in [0.1, 0.15) is 52.1 Å². The van der Waals surface area contributed by atoms with E-state index in [1.807, 2.05) is 0 Å². The number of rotatable bonds is 0. The highest BCUT2D eigenvalue weighted by Gasteiger charge is 2.51. The quantitative estimate of drug-likeness (QED) is 0.523. The van der Waals surface area contributed by atoms with Gasteiger partial charge in [0.15, 0.2) is 18.7 Å². The molecule has 0 unspecified atom stereocenters. The Labute approximate surface area is 164 Å². The summed E-state index contributed by atoms with van der Waals surface area (Å²) in [6.45, 7) is 6.28. The minimum Gasteiger partial charge on any atom is -0.470 e. The molecule has 4 nitrogen and oxygen atoms in total. The van der Waals surface area contributed by atoms with Gasteiger partial charge in [-0.25, -0.2) is 0 Å². The Morgan fingerprint density at radius 2 is 0.857 bits per heavy atom. The molecule has 6 rings (SSSR count). The number of hydrogen-bond donors (Lipinski definition) is 0. The van der Waals surface area contributed by atoms with Crippen molar-refractivity contribution in [1.82, 2.24) is 4.90 Å². The van der Waals surface area contributed by atoms with E-state index in [9.17, 15) is 0 Å². The van der Waals surface area contributed by atoms with Crippen molar-refractivity contribution >= 4 is 0 Å². The molecule has 0 fully saturated rings. The van der Waals surface area contributed by atoms with E-state index in [0.717, 1.165) is 33.9 Å². The van der Waals surface area contributed by atoms with Gasteiger partial charge in [0.2, 0.25) is 0 Å².